The Bertz CT molecular complexity index is 534. The van der Waals surface area contributed by atoms with Gasteiger partial charge in [-0.05, 0) is 35.8 Å². The second kappa shape index (κ2) is 5.67. The van der Waals surface area contributed by atoms with Gasteiger partial charge in [-0.2, -0.15) is 0 Å². The Morgan fingerprint density at radius 3 is 3.00 bits per heavy atom. The lowest BCUT2D eigenvalue weighted by atomic mass is 10.3. The number of carbonyl (C=O) groups is 1. The molecule has 0 spiro atoms. The highest BCUT2D eigenvalue weighted by molar-refractivity contribution is 9.10. The van der Waals surface area contributed by atoms with E-state index in [1.807, 2.05) is 36.1 Å². The largest absolute Gasteiger partial charge is 0.345 e. The highest BCUT2D eigenvalue weighted by Crippen LogP contribution is 2.19. The summed E-state index contributed by atoms with van der Waals surface area (Å²) in [6.45, 7) is 4.55. The third kappa shape index (κ3) is 3.00. The molecule has 1 N–H and O–H groups in total. The summed E-state index contributed by atoms with van der Waals surface area (Å²) in [5.41, 5.74) is 3.30. The fourth-order valence-electron chi connectivity index (χ4n) is 1.64. The number of nitrogens with zero attached hydrogens (tertiary/aromatic N) is 2. The fraction of sp³-hybridized carbons (Fsp3) is 0.333. The van der Waals surface area contributed by atoms with Gasteiger partial charge in [-0.1, -0.05) is 0 Å². The van der Waals surface area contributed by atoms with Crippen LogP contribution < -0.4 is 5.32 Å². The van der Waals surface area contributed by atoms with Crippen LogP contribution in [0.2, 0.25) is 0 Å². The number of amides is 1. The van der Waals surface area contributed by atoms with Gasteiger partial charge in [0, 0.05) is 22.1 Å². The molecule has 0 saturated heterocycles. The summed E-state index contributed by atoms with van der Waals surface area (Å²) < 4.78 is 2.86. The molecule has 4 nitrogen and oxygen atoms in total. The van der Waals surface area contributed by atoms with Crippen molar-refractivity contribution in [1.82, 2.24) is 14.9 Å². The molecule has 0 aromatic carbocycles. The Balaban J connectivity index is 2.09. The lowest BCUT2D eigenvalue weighted by Crippen LogP contribution is -2.25. The minimum Gasteiger partial charge on any atom is -0.345 e. The van der Waals surface area contributed by atoms with E-state index in [0.717, 1.165) is 10.2 Å². The zero-order valence-corrected chi connectivity index (χ0v) is 12.6. The van der Waals surface area contributed by atoms with Gasteiger partial charge in [-0.3, -0.25) is 4.79 Å². The molecule has 0 atom stereocenters. The van der Waals surface area contributed by atoms with Crippen molar-refractivity contribution in [1.29, 1.82) is 0 Å². The molecule has 2 aromatic rings. The number of halogens is 1. The van der Waals surface area contributed by atoms with Gasteiger partial charge >= 0.3 is 0 Å². The smallest absolute Gasteiger partial charge is 0.268 e. The second-order valence-corrected chi connectivity index (χ2v) is 5.84. The van der Waals surface area contributed by atoms with E-state index in [-0.39, 0.29) is 11.9 Å². The van der Waals surface area contributed by atoms with Crippen LogP contribution in [0, 0.1) is 0 Å². The maximum absolute atomic E-state index is 12.1. The van der Waals surface area contributed by atoms with Crippen molar-refractivity contribution in [3.8, 4) is 0 Å². The van der Waals surface area contributed by atoms with Gasteiger partial charge in [0.05, 0.1) is 17.7 Å². The third-order valence-corrected chi connectivity index (χ3v) is 3.59. The Hall–Kier alpha value is -1.14. The van der Waals surface area contributed by atoms with E-state index in [4.69, 9.17) is 0 Å². The van der Waals surface area contributed by atoms with Gasteiger partial charge in [0.1, 0.15) is 5.69 Å². The topological polar surface area (TPSA) is 46.9 Å². The number of rotatable bonds is 4. The maximum Gasteiger partial charge on any atom is 0.268 e. The summed E-state index contributed by atoms with van der Waals surface area (Å²) in [5.74, 6) is -0.0811. The summed E-state index contributed by atoms with van der Waals surface area (Å²) in [5, 5.41) is 4.80. The lowest BCUT2D eigenvalue weighted by Gasteiger charge is -2.12. The molecular formula is C12H14BrN3OS. The first-order valence-electron chi connectivity index (χ1n) is 5.60. The number of hydrogen-bond acceptors (Lipinski definition) is 3. The van der Waals surface area contributed by atoms with Crippen molar-refractivity contribution in [2.75, 3.05) is 0 Å². The first-order chi connectivity index (χ1) is 8.58. The van der Waals surface area contributed by atoms with Gasteiger partial charge in [0.2, 0.25) is 0 Å². The van der Waals surface area contributed by atoms with Gasteiger partial charge in [-0.15, -0.1) is 11.3 Å². The van der Waals surface area contributed by atoms with E-state index in [9.17, 15) is 4.79 Å². The van der Waals surface area contributed by atoms with Crippen molar-refractivity contribution in [2.45, 2.75) is 26.4 Å². The van der Waals surface area contributed by atoms with Crippen LogP contribution >= 0.6 is 27.3 Å². The molecule has 2 heterocycles. The van der Waals surface area contributed by atoms with Crippen molar-refractivity contribution in [3.63, 3.8) is 0 Å². The van der Waals surface area contributed by atoms with Crippen LogP contribution in [0.5, 0.6) is 0 Å². The summed E-state index contributed by atoms with van der Waals surface area (Å²) in [4.78, 5) is 16.2. The van der Waals surface area contributed by atoms with E-state index in [2.05, 4.69) is 26.2 Å². The highest BCUT2D eigenvalue weighted by Gasteiger charge is 2.14. The normalized spacial score (nSPS) is 10.9. The van der Waals surface area contributed by atoms with Gasteiger partial charge in [-0.25, -0.2) is 4.98 Å². The molecule has 0 unspecified atom stereocenters. The van der Waals surface area contributed by atoms with Crippen LogP contribution in [0.25, 0.3) is 0 Å². The van der Waals surface area contributed by atoms with Gasteiger partial charge in [0.25, 0.3) is 5.91 Å². The first kappa shape index (κ1) is 13.3. The van der Waals surface area contributed by atoms with Crippen LogP contribution in [-0.4, -0.2) is 15.5 Å². The second-order valence-electron chi connectivity index (χ2n) is 4.21. The zero-order chi connectivity index (χ0) is 13.1. The van der Waals surface area contributed by atoms with E-state index in [1.54, 1.807) is 5.51 Å². The van der Waals surface area contributed by atoms with E-state index < -0.39 is 0 Å². The molecule has 0 bridgehead atoms. The molecular weight excluding hydrogens is 314 g/mol. The molecule has 1 amide bonds. The molecule has 96 valence electrons. The minimum absolute atomic E-state index is 0.0811. The number of hydrogen-bond donors (Lipinski definition) is 1. The lowest BCUT2D eigenvalue weighted by molar-refractivity contribution is 0.0939. The molecule has 0 saturated carbocycles. The average molecular weight is 328 g/mol. The first-order valence-corrected chi connectivity index (χ1v) is 7.34. The number of carbonyl (C=O) groups excluding carboxylic acids is 1. The van der Waals surface area contributed by atoms with Crippen molar-refractivity contribution in [3.05, 3.63) is 39.0 Å². The molecule has 6 heteroatoms. The molecule has 2 aromatic heterocycles. The fourth-order valence-corrected chi connectivity index (χ4v) is 2.64. The SMILES string of the molecule is CC(C)n1cc(Br)cc1C(=O)NCc1cscn1. The third-order valence-electron chi connectivity index (χ3n) is 2.52. The molecule has 18 heavy (non-hydrogen) atoms. The van der Waals surface area contributed by atoms with E-state index in [0.29, 0.717) is 12.2 Å². The van der Waals surface area contributed by atoms with E-state index in [1.165, 1.54) is 11.3 Å². The predicted octanol–water partition coefficient (Wildman–Crippen LogP) is 3.22. The zero-order valence-electron chi connectivity index (χ0n) is 10.2. The van der Waals surface area contributed by atoms with Crippen LogP contribution in [0.15, 0.2) is 27.6 Å². The summed E-state index contributed by atoms with van der Waals surface area (Å²) >= 11 is 4.92. The van der Waals surface area contributed by atoms with Crippen LogP contribution in [0.4, 0.5) is 0 Å². The monoisotopic (exact) mass is 327 g/mol. The molecule has 0 radical (unpaired) electrons. The van der Waals surface area contributed by atoms with E-state index >= 15 is 0 Å². The Morgan fingerprint density at radius 1 is 1.61 bits per heavy atom. The maximum atomic E-state index is 12.1. The molecule has 0 aliphatic rings. The molecule has 2 rings (SSSR count). The summed E-state index contributed by atoms with van der Waals surface area (Å²) in [7, 11) is 0. The molecule has 0 aliphatic carbocycles. The van der Waals surface area contributed by atoms with Gasteiger partial charge in [0.15, 0.2) is 0 Å². The molecule has 0 fully saturated rings. The number of nitrogens with one attached hydrogen (secondary N) is 1. The van der Waals surface area contributed by atoms with Crippen LogP contribution in [0.1, 0.15) is 36.1 Å². The predicted molar refractivity (Wildman–Crippen MR) is 75.8 cm³/mol. The van der Waals surface area contributed by atoms with Gasteiger partial charge < -0.3 is 9.88 Å². The quantitative estimate of drug-likeness (QED) is 0.937. The molecule has 0 aliphatic heterocycles. The summed E-state index contributed by atoms with van der Waals surface area (Å²) in [6.07, 6.45) is 1.92. The average Bonchev–Trinajstić information content (AvgIpc) is 2.94. The summed E-state index contributed by atoms with van der Waals surface area (Å²) in [6, 6.07) is 2.08. The van der Waals surface area contributed by atoms with Crippen molar-refractivity contribution in [2.24, 2.45) is 0 Å². The van der Waals surface area contributed by atoms with Crippen LogP contribution in [-0.2, 0) is 6.54 Å². The van der Waals surface area contributed by atoms with Crippen molar-refractivity contribution >= 4 is 33.2 Å². The number of thiazole rings is 1. The highest BCUT2D eigenvalue weighted by atomic mass is 79.9. The Kier molecular flexibility index (Phi) is 4.19. The Labute approximate surface area is 118 Å². The standard InChI is InChI=1S/C12H14BrN3OS/c1-8(2)16-5-9(13)3-11(16)12(17)14-4-10-6-18-7-15-10/h3,5-8H,4H2,1-2H3,(H,14,17). The van der Waals surface area contributed by atoms with Crippen LogP contribution in [0.3, 0.4) is 0 Å². The Morgan fingerprint density at radius 2 is 2.39 bits per heavy atom. The minimum atomic E-state index is -0.0811. The van der Waals surface area contributed by atoms with Crippen molar-refractivity contribution < 1.29 is 4.79 Å². The number of aromatic nitrogens is 2.